The second kappa shape index (κ2) is 35.7. The normalized spacial score (nSPS) is 11.4. The molecule has 0 radical (unpaired) electrons. The van der Waals surface area contributed by atoms with Crippen LogP contribution in [0.4, 0.5) is 40.7 Å². The number of anilines is 7. The highest BCUT2D eigenvalue weighted by Crippen LogP contribution is 2.30. The van der Waals surface area contributed by atoms with E-state index in [-0.39, 0.29) is 126 Å². The molecule has 114 heavy (non-hydrogen) atoms. The van der Waals surface area contributed by atoms with Gasteiger partial charge in [0.15, 0.2) is 68.9 Å². The number of aromatic nitrogens is 18. The highest BCUT2D eigenvalue weighted by Gasteiger charge is 2.28. The molecule has 0 unspecified atom stereocenters. The van der Waals surface area contributed by atoms with E-state index in [0.717, 1.165) is 28.5 Å². The number of carbonyl (C=O) groups excluding carboxylic acids is 4. The standard InChI is InChI=1S/C27H25ClN6O2.2C12H16N4O2.2C10H12N4O2.C5H8N4O/c1-15(2)20-12-13-30-25-23(24(29)32-34(20)25)26(35)31-16(3)21-14-17-8-7-11-19(28)22(17)27(36)33(21)18-9-5-4-6-10-18;1-4-18-12(17)9-10(13)15-16-6-5-8(7(2)3)14-11(9)16;1-4-18-12(17)9-10(13)15-16-8(7(2)3)5-6-14-11(9)16;1-5(2)6-3-4-14-9(12-6)7(10(15)16)8(11)13-14;1-5(2)6-3-4-12-9-7(10(15)16)8(11)13-14(6)9;1-2(10)3-4(6)8-9-5(3)7/h4-16H,1-3H3,(H2,29,32)(H,31,35);2*5-7H,4H2,1-3H3,(H2,13,15);2*3-5H,1-2H3,(H2,11,13)(H,15,16);1H3,(H5,6,7,8,9)/t16-;;;;;/m0...../s1. The van der Waals surface area contributed by atoms with Gasteiger partial charge in [-0.15, -0.1) is 25.5 Å². The number of Topliss-reactive ketones (excluding diaryl/α,β-unsaturated/α-hetero) is 1. The molecule has 0 spiro atoms. The van der Waals surface area contributed by atoms with Crippen LogP contribution in [0.3, 0.4) is 0 Å². The minimum atomic E-state index is -1.11. The number of aromatic carboxylic acids is 2. The van der Waals surface area contributed by atoms with Gasteiger partial charge < -0.3 is 65.1 Å². The fourth-order valence-corrected chi connectivity index (χ4v) is 12.1. The van der Waals surface area contributed by atoms with E-state index in [1.807, 2.05) is 137 Å². The summed E-state index contributed by atoms with van der Waals surface area (Å²) < 4.78 is 19.1. The van der Waals surface area contributed by atoms with Gasteiger partial charge in [-0.2, -0.15) is 5.10 Å². The maximum absolute atomic E-state index is 13.6. The highest BCUT2D eigenvalue weighted by atomic mass is 35.5. The van der Waals surface area contributed by atoms with E-state index in [1.54, 1.807) is 82.7 Å². The lowest BCUT2D eigenvalue weighted by Gasteiger charge is -2.21. The second-order valence-corrected chi connectivity index (χ2v) is 27.5. The van der Waals surface area contributed by atoms with Crippen molar-refractivity contribution in [2.24, 2.45) is 0 Å². The fraction of sp³-hybridized carbons (Fsp3) is 0.289. The lowest BCUT2D eigenvalue weighted by atomic mass is 10.1. The van der Waals surface area contributed by atoms with Crippen LogP contribution in [0.15, 0.2) is 121 Å². The van der Waals surface area contributed by atoms with Gasteiger partial charge in [0.2, 0.25) is 0 Å². The predicted molar refractivity (Wildman–Crippen MR) is 431 cm³/mol. The smallest absolute Gasteiger partial charge is 0.345 e. The average Bonchev–Trinajstić information content (AvgIpc) is 1.66. The number of amides is 1. The fourth-order valence-electron chi connectivity index (χ4n) is 11.8. The molecular formula is C76H89ClN26O11. The minimum Gasteiger partial charge on any atom is -0.477 e. The number of para-hydroxylation sites is 1. The van der Waals surface area contributed by atoms with Gasteiger partial charge in [-0.25, -0.2) is 66.7 Å². The number of rotatable bonds is 16. The first-order valence-electron chi connectivity index (χ1n) is 35.8. The Labute approximate surface area is 655 Å². The number of fused-ring (bicyclic) bond motifs is 6. The van der Waals surface area contributed by atoms with E-state index in [9.17, 15) is 33.6 Å². The van der Waals surface area contributed by atoms with Gasteiger partial charge in [0.05, 0.1) is 29.7 Å². The molecule has 12 aromatic heterocycles. The van der Waals surface area contributed by atoms with E-state index in [4.69, 9.17) is 71.4 Å². The molecule has 0 aliphatic heterocycles. The number of aromatic amines is 1. The molecule has 12 heterocycles. The minimum absolute atomic E-state index is 0.00639. The maximum Gasteiger partial charge on any atom is 0.345 e. The van der Waals surface area contributed by atoms with Gasteiger partial charge >= 0.3 is 23.9 Å². The summed E-state index contributed by atoms with van der Waals surface area (Å²) in [4.78, 5) is 105. The molecule has 0 saturated heterocycles. The number of carboxylic acids is 2. The molecule has 0 bridgehead atoms. The SMILES string of the molecule is CC(=O)c1c(N)n[nH]c1N.CC(C)c1ccn2nc(N)c(C(=O)O)c2n1.CC(C)c1ccnc2c(C(=O)N[C@@H](C)c3cc4cccc(Cl)c4c(=O)n3-c3ccccc3)c(N)nn12.CC(C)c1ccnc2c(C(=O)O)c(N)nn12.CCOC(=O)c1c(N)nn2c(C(C)C)ccnc12.CCOC(=O)c1c(N)nn2ccc(C(C)C)nc12. The zero-order chi connectivity index (χ0) is 83.6. The zero-order valence-electron chi connectivity index (χ0n) is 64.9. The van der Waals surface area contributed by atoms with Crippen LogP contribution in [0, 0.1) is 0 Å². The monoisotopic (exact) mass is 1580 g/mol. The molecule has 2 aromatic carbocycles. The second-order valence-electron chi connectivity index (χ2n) is 27.1. The Hall–Kier alpha value is -14.1. The number of hydrogen-bond donors (Lipinski definition) is 11. The third kappa shape index (κ3) is 17.8. The van der Waals surface area contributed by atoms with Gasteiger partial charge in [-0.05, 0) is 117 Å². The zero-order valence-corrected chi connectivity index (χ0v) is 65.7. The number of ether oxygens (including phenoxy) is 2. The van der Waals surface area contributed by atoms with Gasteiger partial charge in [-0.1, -0.05) is 111 Å². The summed E-state index contributed by atoms with van der Waals surface area (Å²) in [6.45, 7) is 27.4. The first-order chi connectivity index (χ1) is 54.0. The van der Waals surface area contributed by atoms with Crippen molar-refractivity contribution in [2.45, 2.75) is 133 Å². The average molecular weight is 1580 g/mol. The van der Waals surface area contributed by atoms with Gasteiger partial charge in [-0.3, -0.25) is 24.0 Å². The first kappa shape index (κ1) is 83.9. The van der Waals surface area contributed by atoms with Gasteiger partial charge in [0.1, 0.15) is 39.2 Å². The van der Waals surface area contributed by atoms with Crippen molar-refractivity contribution >= 4 is 127 Å². The Morgan fingerprint density at radius 1 is 0.491 bits per heavy atom. The number of nitrogens with zero attached hydrogens (tertiary/aromatic N) is 17. The number of carboxylic acid groups (broad SMARTS) is 2. The summed E-state index contributed by atoms with van der Waals surface area (Å²) in [6, 6.07) is 25.1. The number of esters is 2. The molecule has 37 nitrogen and oxygen atoms in total. The van der Waals surface area contributed by atoms with E-state index in [2.05, 4.69) is 65.9 Å². The molecule has 1 atom stereocenters. The van der Waals surface area contributed by atoms with Gasteiger partial charge in [0, 0.05) is 70.8 Å². The van der Waals surface area contributed by atoms with E-state index < -0.39 is 35.8 Å². The summed E-state index contributed by atoms with van der Waals surface area (Å²) in [7, 11) is 0. The molecule has 38 heteroatoms. The number of halogens is 1. The number of pyridine rings is 1. The molecule has 14 aromatic rings. The molecule has 596 valence electrons. The van der Waals surface area contributed by atoms with Crippen LogP contribution < -0.4 is 51.0 Å². The molecule has 0 fully saturated rings. The Morgan fingerprint density at radius 2 is 0.904 bits per heavy atom. The molecule has 18 N–H and O–H groups in total. The summed E-state index contributed by atoms with van der Waals surface area (Å²) >= 11 is 6.40. The summed E-state index contributed by atoms with van der Waals surface area (Å²) in [5, 5.41) is 48.9. The summed E-state index contributed by atoms with van der Waals surface area (Å²) in [5.74, 6) is -1.94. The summed E-state index contributed by atoms with van der Waals surface area (Å²) in [6.07, 6.45) is 8.27. The molecular weight excluding hydrogens is 1490 g/mol. The first-order valence-corrected chi connectivity index (χ1v) is 36.2. The van der Waals surface area contributed by atoms with Crippen molar-refractivity contribution in [3.05, 3.63) is 199 Å². The molecule has 0 saturated carbocycles. The number of benzene rings is 2. The quantitative estimate of drug-likeness (QED) is 0.0316. The number of H-pyrrole nitrogens is 1. The Balaban J connectivity index is 0.000000165. The van der Waals surface area contributed by atoms with Crippen molar-refractivity contribution in [1.29, 1.82) is 0 Å². The van der Waals surface area contributed by atoms with Crippen LogP contribution in [0.25, 0.3) is 44.7 Å². The van der Waals surface area contributed by atoms with E-state index >= 15 is 0 Å². The largest absolute Gasteiger partial charge is 0.477 e. The van der Waals surface area contributed by atoms with Crippen LogP contribution in [0.2, 0.25) is 5.02 Å². The molecule has 1 amide bonds. The van der Waals surface area contributed by atoms with Gasteiger partial charge in [0.25, 0.3) is 11.5 Å². The van der Waals surface area contributed by atoms with Crippen LogP contribution in [0.5, 0.6) is 0 Å². The Kier molecular flexibility index (Phi) is 26.3. The van der Waals surface area contributed by atoms with Crippen molar-refractivity contribution in [3.8, 4) is 5.69 Å². The van der Waals surface area contributed by atoms with Crippen LogP contribution in [-0.2, 0) is 9.47 Å². The van der Waals surface area contributed by atoms with Crippen molar-refractivity contribution in [3.63, 3.8) is 0 Å². The van der Waals surface area contributed by atoms with E-state index in [0.29, 0.717) is 57.3 Å². The maximum atomic E-state index is 13.6. The predicted octanol–water partition coefficient (Wildman–Crippen LogP) is 10.1. The number of carbonyl (C=O) groups is 6. The lowest BCUT2D eigenvalue weighted by molar-refractivity contribution is 0.0519. The van der Waals surface area contributed by atoms with Crippen LogP contribution in [-0.4, -0.2) is 147 Å². The van der Waals surface area contributed by atoms with Crippen molar-refractivity contribution in [2.75, 3.05) is 53.3 Å². The number of ketones is 1. The Bertz CT molecular complexity index is 5940. The number of nitrogen functional groups attached to an aromatic ring is 7. The van der Waals surface area contributed by atoms with Crippen LogP contribution >= 0.6 is 11.6 Å². The third-order valence-corrected chi connectivity index (χ3v) is 17.7. The van der Waals surface area contributed by atoms with E-state index in [1.165, 1.54) is 20.5 Å². The lowest BCUT2D eigenvalue weighted by Crippen LogP contribution is -2.32. The number of hydrogen-bond acceptors (Lipinski definition) is 27. The summed E-state index contributed by atoms with van der Waals surface area (Å²) in [5.41, 5.74) is 47.5. The third-order valence-electron chi connectivity index (χ3n) is 17.4. The highest BCUT2D eigenvalue weighted by molar-refractivity contribution is 6.35. The number of nitrogens with one attached hydrogen (secondary N) is 2. The molecule has 0 aliphatic carbocycles. The molecule has 0 aliphatic rings. The number of nitrogens with two attached hydrogens (primary N) is 7. The van der Waals surface area contributed by atoms with Crippen molar-refractivity contribution < 1.29 is 48.5 Å². The molecule has 14 rings (SSSR count). The topological polar surface area (TPSA) is 557 Å². The van der Waals surface area contributed by atoms with Crippen molar-refractivity contribution in [1.82, 2.24) is 93.1 Å². The van der Waals surface area contributed by atoms with Crippen LogP contribution in [0.1, 0.15) is 229 Å². The Morgan fingerprint density at radius 3 is 1.32 bits per heavy atom.